The van der Waals surface area contributed by atoms with Crippen molar-refractivity contribution in [1.29, 1.82) is 0 Å². The molecule has 10 heteroatoms. The van der Waals surface area contributed by atoms with Crippen molar-refractivity contribution in [2.24, 2.45) is 0 Å². The van der Waals surface area contributed by atoms with Crippen LogP contribution in [0.4, 0.5) is 5.69 Å². The van der Waals surface area contributed by atoms with Gasteiger partial charge < -0.3 is 19.9 Å². The molecule has 0 spiro atoms. The third kappa shape index (κ3) is 5.22. The van der Waals surface area contributed by atoms with E-state index < -0.39 is 12.0 Å². The molecule has 1 aromatic carbocycles. The van der Waals surface area contributed by atoms with Crippen LogP contribution in [0, 0.1) is 0 Å². The van der Waals surface area contributed by atoms with E-state index >= 15 is 0 Å². The van der Waals surface area contributed by atoms with Gasteiger partial charge in [-0.1, -0.05) is 0 Å². The highest BCUT2D eigenvalue weighted by Gasteiger charge is 2.22. The van der Waals surface area contributed by atoms with Crippen molar-refractivity contribution in [2.75, 3.05) is 25.1 Å². The number of carboxylic acids is 1. The van der Waals surface area contributed by atoms with Crippen molar-refractivity contribution in [3.05, 3.63) is 65.9 Å². The molecule has 0 saturated heterocycles. The number of rotatable bonds is 10. The van der Waals surface area contributed by atoms with Gasteiger partial charge in [-0.05, 0) is 50.1 Å². The molecule has 4 aromatic rings. The standard InChI is InChI=1S/C26H28N6O4/c1-2-35-26-28-14-18(15-29-26)24(13-25(33)34)32-23-8-6-20(12-17(23)16-30-32)36-11-9-19-5-7-21-22(31-19)4-3-10-27-21/h5-8,12,14-16,24,27H,2-4,9-11,13H2,1H3,(H,33,34)/t24-/m1/s1. The Hall–Kier alpha value is -4.21. The van der Waals surface area contributed by atoms with E-state index in [1.54, 1.807) is 23.3 Å². The van der Waals surface area contributed by atoms with E-state index in [0.717, 1.165) is 53.1 Å². The molecular formula is C26H28N6O4. The molecule has 0 amide bonds. The molecule has 0 aliphatic carbocycles. The molecule has 10 nitrogen and oxygen atoms in total. The maximum absolute atomic E-state index is 11.6. The van der Waals surface area contributed by atoms with E-state index in [-0.39, 0.29) is 12.4 Å². The minimum Gasteiger partial charge on any atom is -0.493 e. The summed E-state index contributed by atoms with van der Waals surface area (Å²) in [6, 6.07) is 9.51. The quantitative estimate of drug-likeness (QED) is 0.344. The van der Waals surface area contributed by atoms with Crippen LogP contribution in [0.25, 0.3) is 10.9 Å². The number of fused-ring (bicyclic) bond motifs is 2. The lowest BCUT2D eigenvalue weighted by atomic mass is 10.1. The van der Waals surface area contributed by atoms with Gasteiger partial charge in [0.25, 0.3) is 0 Å². The number of hydrogen-bond donors (Lipinski definition) is 2. The van der Waals surface area contributed by atoms with E-state index in [4.69, 9.17) is 14.5 Å². The van der Waals surface area contributed by atoms with Gasteiger partial charge in [0.1, 0.15) is 5.75 Å². The normalized spacial score (nSPS) is 13.6. The Morgan fingerprint density at radius 3 is 2.83 bits per heavy atom. The van der Waals surface area contributed by atoms with Crippen LogP contribution in [-0.4, -0.2) is 55.6 Å². The molecule has 0 fully saturated rings. The predicted octanol–water partition coefficient (Wildman–Crippen LogP) is 3.66. The van der Waals surface area contributed by atoms with Crippen molar-refractivity contribution in [1.82, 2.24) is 24.7 Å². The number of pyridine rings is 1. The number of aliphatic carboxylic acids is 1. The molecule has 0 bridgehead atoms. The Morgan fingerprint density at radius 1 is 1.17 bits per heavy atom. The lowest BCUT2D eigenvalue weighted by Crippen LogP contribution is -2.17. The van der Waals surface area contributed by atoms with Crippen molar-refractivity contribution in [2.45, 2.75) is 38.6 Å². The van der Waals surface area contributed by atoms with Gasteiger partial charge in [0.2, 0.25) is 0 Å². The number of anilines is 1. The number of benzene rings is 1. The zero-order valence-corrected chi connectivity index (χ0v) is 20.1. The molecule has 3 aromatic heterocycles. The fourth-order valence-electron chi connectivity index (χ4n) is 4.37. The Balaban J connectivity index is 1.30. The SMILES string of the molecule is CCOc1ncc([C@@H](CC(=O)O)n2ncc3cc(OCCc4ccc5c(n4)CCCN5)ccc32)cn1. The van der Waals surface area contributed by atoms with E-state index in [1.807, 2.05) is 31.2 Å². The maximum Gasteiger partial charge on any atom is 0.316 e. The van der Waals surface area contributed by atoms with Crippen molar-refractivity contribution in [3.8, 4) is 11.8 Å². The summed E-state index contributed by atoms with van der Waals surface area (Å²) in [6.07, 6.45) is 7.54. The van der Waals surface area contributed by atoms with Crippen LogP contribution >= 0.6 is 0 Å². The van der Waals surface area contributed by atoms with Gasteiger partial charge in [-0.15, -0.1) is 0 Å². The number of carboxylic acid groups (broad SMARTS) is 1. The van der Waals surface area contributed by atoms with E-state index in [9.17, 15) is 9.90 Å². The number of ether oxygens (including phenoxy) is 2. The maximum atomic E-state index is 11.6. The lowest BCUT2D eigenvalue weighted by molar-refractivity contribution is -0.137. The zero-order chi connectivity index (χ0) is 24.9. The number of aryl methyl sites for hydroxylation is 1. The van der Waals surface area contributed by atoms with E-state index in [2.05, 4.69) is 26.4 Å². The number of aromatic nitrogens is 5. The number of nitrogens with zero attached hydrogens (tertiary/aromatic N) is 5. The Kier molecular flexibility index (Phi) is 6.92. The zero-order valence-electron chi connectivity index (χ0n) is 20.1. The minimum atomic E-state index is -0.941. The number of nitrogens with one attached hydrogen (secondary N) is 1. The summed E-state index contributed by atoms with van der Waals surface area (Å²) in [5, 5.41) is 18.2. The van der Waals surface area contributed by atoms with Crippen LogP contribution in [0.5, 0.6) is 11.8 Å². The highest BCUT2D eigenvalue weighted by Crippen LogP contribution is 2.28. The first kappa shape index (κ1) is 23.5. The largest absolute Gasteiger partial charge is 0.493 e. The second-order valence-corrected chi connectivity index (χ2v) is 8.58. The van der Waals surface area contributed by atoms with Gasteiger partial charge >= 0.3 is 12.0 Å². The predicted molar refractivity (Wildman–Crippen MR) is 134 cm³/mol. The van der Waals surface area contributed by atoms with Crippen LogP contribution in [0.1, 0.15) is 42.8 Å². The van der Waals surface area contributed by atoms with Crippen molar-refractivity contribution < 1.29 is 19.4 Å². The Bertz CT molecular complexity index is 1350. The first-order valence-electron chi connectivity index (χ1n) is 12.1. The molecular weight excluding hydrogens is 460 g/mol. The smallest absolute Gasteiger partial charge is 0.316 e. The van der Waals surface area contributed by atoms with Crippen LogP contribution in [0.3, 0.4) is 0 Å². The first-order chi connectivity index (χ1) is 17.6. The molecule has 4 heterocycles. The third-order valence-corrected chi connectivity index (χ3v) is 6.10. The third-order valence-electron chi connectivity index (χ3n) is 6.10. The average molecular weight is 489 g/mol. The first-order valence-corrected chi connectivity index (χ1v) is 12.1. The van der Waals surface area contributed by atoms with Crippen molar-refractivity contribution in [3.63, 3.8) is 0 Å². The second-order valence-electron chi connectivity index (χ2n) is 8.58. The molecule has 1 aliphatic heterocycles. The number of hydrogen-bond acceptors (Lipinski definition) is 8. The molecule has 1 aliphatic rings. The lowest BCUT2D eigenvalue weighted by Gasteiger charge is -2.17. The summed E-state index contributed by atoms with van der Waals surface area (Å²) in [6.45, 7) is 3.81. The summed E-state index contributed by atoms with van der Waals surface area (Å²) in [5.74, 6) is -0.218. The Labute approximate surface area is 208 Å². The van der Waals surface area contributed by atoms with Crippen LogP contribution in [0.15, 0.2) is 48.9 Å². The molecule has 5 rings (SSSR count). The summed E-state index contributed by atoms with van der Waals surface area (Å²) in [7, 11) is 0. The average Bonchev–Trinajstić information content (AvgIpc) is 3.31. The van der Waals surface area contributed by atoms with Gasteiger partial charge in [-0.25, -0.2) is 9.97 Å². The highest BCUT2D eigenvalue weighted by molar-refractivity contribution is 5.81. The van der Waals surface area contributed by atoms with Gasteiger partial charge in [0.15, 0.2) is 0 Å². The molecule has 1 atom stereocenters. The molecule has 0 saturated carbocycles. The van der Waals surface area contributed by atoms with Gasteiger partial charge in [-0.3, -0.25) is 14.5 Å². The summed E-state index contributed by atoms with van der Waals surface area (Å²) < 4.78 is 13.0. The van der Waals surface area contributed by atoms with Crippen LogP contribution in [-0.2, 0) is 17.6 Å². The van der Waals surface area contributed by atoms with Gasteiger partial charge in [-0.2, -0.15) is 5.10 Å². The van der Waals surface area contributed by atoms with E-state index in [1.165, 1.54) is 0 Å². The summed E-state index contributed by atoms with van der Waals surface area (Å²) in [5.41, 5.74) is 4.71. The molecule has 36 heavy (non-hydrogen) atoms. The summed E-state index contributed by atoms with van der Waals surface area (Å²) in [4.78, 5) is 24.8. The molecule has 186 valence electrons. The van der Waals surface area contributed by atoms with Crippen LogP contribution < -0.4 is 14.8 Å². The molecule has 0 radical (unpaired) electrons. The highest BCUT2D eigenvalue weighted by atomic mass is 16.5. The van der Waals surface area contributed by atoms with Gasteiger partial charge in [0, 0.05) is 42.0 Å². The Morgan fingerprint density at radius 2 is 2.03 bits per heavy atom. The second kappa shape index (κ2) is 10.6. The molecule has 2 N–H and O–H groups in total. The molecule has 0 unspecified atom stereocenters. The number of carbonyl (C=O) groups is 1. The minimum absolute atomic E-state index is 0.157. The fourth-order valence-corrected chi connectivity index (χ4v) is 4.37. The van der Waals surface area contributed by atoms with E-state index in [0.29, 0.717) is 25.2 Å². The van der Waals surface area contributed by atoms with Crippen molar-refractivity contribution >= 4 is 22.6 Å². The monoisotopic (exact) mass is 488 g/mol. The topological polar surface area (TPSA) is 124 Å². The van der Waals surface area contributed by atoms with Gasteiger partial charge in [0.05, 0.1) is 48.8 Å². The fraction of sp³-hybridized carbons (Fsp3) is 0.346. The van der Waals surface area contributed by atoms with Crippen LogP contribution in [0.2, 0.25) is 0 Å². The summed E-state index contributed by atoms with van der Waals surface area (Å²) >= 11 is 0.